The van der Waals surface area contributed by atoms with Gasteiger partial charge in [-0.3, -0.25) is 0 Å². The van der Waals surface area contributed by atoms with E-state index in [0.29, 0.717) is 23.5 Å². The normalized spacial score (nSPS) is 11.2. The molecule has 34 heavy (non-hydrogen) atoms. The highest BCUT2D eigenvalue weighted by molar-refractivity contribution is 7.87. The summed E-state index contributed by atoms with van der Waals surface area (Å²) in [4.78, 5) is 14.5. The van der Waals surface area contributed by atoms with E-state index < -0.39 is 15.9 Å². The number of urea groups is 1. The van der Waals surface area contributed by atoms with Crippen LogP contribution >= 0.6 is 0 Å². The molecule has 0 saturated heterocycles. The Kier molecular flexibility index (Phi) is 8.12. The molecule has 0 heterocycles. The molecule has 0 unspecified atom stereocenters. The van der Waals surface area contributed by atoms with Crippen LogP contribution in [0.25, 0.3) is 0 Å². The molecule has 0 saturated carbocycles. The van der Waals surface area contributed by atoms with Crippen LogP contribution in [0.4, 0.5) is 14.9 Å². The zero-order valence-electron chi connectivity index (χ0n) is 19.2. The van der Waals surface area contributed by atoms with E-state index in [2.05, 4.69) is 5.32 Å². The van der Waals surface area contributed by atoms with E-state index in [-0.39, 0.29) is 29.1 Å². The summed E-state index contributed by atoms with van der Waals surface area (Å²) in [5, 5.41) is 2.85. The predicted molar refractivity (Wildman–Crippen MR) is 128 cm³/mol. The van der Waals surface area contributed by atoms with E-state index >= 15 is 0 Å². The van der Waals surface area contributed by atoms with Gasteiger partial charge < -0.3 is 19.1 Å². The number of nitrogens with one attached hydrogen (secondary N) is 1. The molecule has 0 bridgehead atoms. The Morgan fingerprint density at radius 3 is 2.24 bits per heavy atom. The van der Waals surface area contributed by atoms with Crippen molar-refractivity contribution < 1.29 is 26.5 Å². The molecule has 0 spiro atoms. The highest BCUT2D eigenvalue weighted by atomic mass is 32.2. The molecule has 0 atom stereocenters. The van der Waals surface area contributed by atoms with Crippen molar-refractivity contribution in [3.8, 4) is 11.5 Å². The van der Waals surface area contributed by atoms with E-state index in [1.54, 1.807) is 47.4 Å². The number of hydrogen-bond donors (Lipinski definition) is 1. The minimum absolute atomic E-state index is 0.0886. The maximum absolute atomic E-state index is 13.2. The number of nitrogens with zero attached hydrogens (tertiary/aromatic N) is 1. The summed E-state index contributed by atoms with van der Waals surface area (Å²) in [5.74, 6) is 0.212. The quantitative estimate of drug-likeness (QED) is 0.415. The second-order valence-corrected chi connectivity index (χ2v) is 9.55. The van der Waals surface area contributed by atoms with Crippen LogP contribution < -0.4 is 14.2 Å². The van der Waals surface area contributed by atoms with Crippen LogP contribution in [0.15, 0.2) is 77.7 Å². The molecule has 3 aromatic carbocycles. The zero-order chi connectivity index (χ0) is 24.7. The third kappa shape index (κ3) is 6.48. The van der Waals surface area contributed by atoms with Crippen molar-refractivity contribution in [3.05, 3.63) is 84.2 Å². The number of methoxy groups -OCH3 is 1. The first-order valence-corrected chi connectivity index (χ1v) is 12.1. The molecule has 0 aromatic heterocycles. The Hall–Kier alpha value is -3.59. The van der Waals surface area contributed by atoms with E-state index in [0.717, 1.165) is 24.3 Å². The molecular weight excluding hydrogens is 459 g/mol. The Morgan fingerprint density at radius 1 is 0.971 bits per heavy atom. The van der Waals surface area contributed by atoms with Gasteiger partial charge in [-0.25, -0.2) is 9.18 Å². The number of halogens is 1. The fourth-order valence-corrected chi connectivity index (χ4v) is 4.26. The number of amides is 2. The van der Waals surface area contributed by atoms with Crippen LogP contribution in [-0.2, 0) is 16.7 Å². The Bertz CT molecular complexity index is 1230. The molecule has 3 rings (SSSR count). The fraction of sp³-hybridized carbons (Fsp3) is 0.240. The number of carbonyl (C=O) groups is 1. The number of rotatable bonds is 9. The maximum atomic E-state index is 13.2. The standard InChI is InChI=1S/C25H27FN2O5S/c1-18(2)16-28(25(29)27-22-9-5-7-11-24(22)32-3)17-19-8-4-6-10-23(19)33-34(30,31)21-14-12-20(26)13-15-21/h4-15,18H,16-17H2,1-3H3,(H,27,29). The minimum atomic E-state index is -4.19. The van der Waals surface area contributed by atoms with Gasteiger partial charge in [0, 0.05) is 12.1 Å². The Labute approximate surface area is 199 Å². The topological polar surface area (TPSA) is 84.9 Å². The van der Waals surface area contributed by atoms with Crippen LogP contribution in [0.2, 0.25) is 0 Å². The van der Waals surface area contributed by atoms with Crippen LogP contribution in [0.5, 0.6) is 11.5 Å². The molecule has 0 aliphatic heterocycles. The van der Waals surface area contributed by atoms with E-state index in [1.165, 1.54) is 13.2 Å². The third-order valence-electron chi connectivity index (χ3n) is 4.86. The van der Waals surface area contributed by atoms with Crippen LogP contribution in [0.1, 0.15) is 19.4 Å². The lowest BCUT2D eigenvalue weighted by molar-refractivity contribution is 0.201. The van der Waals surface area contributed by atoms with Gasteiger partial charge >= 0.3 is 16.1 Å². The lowest BCUT2D eigenvalue weighted by Crippen LogP contribution is -2.37. The van der Waals surface area contributed by atoms with Gasteiger partial charge in [-0.1, -0.05) is 44.2 Å². The highest BCUT2D eigenvalue weighted by Crippen LogP contribution is 2.27. The van der Waals surface area contributed by atoms with Gasteiger partial charge in [-0.15, -0.1) is 0 Å². The third-order valence-corrected chi connectivity index (χ3v) is 6.11. The maximum Gasteiger partial charge on any atom is 0.339 e. The largest absolute Gasteiger partial charge is 0.495 e. The first kappa shape index (κ1) is 25.0. The molecular formula is C25H27FN2O5S. The fourth-order valence-electron chi connectivity index (χ4n) is 3.29. The molecule has 0 aliphatic rings. The van der Waals surface area contributed by atoms with Crippen molar-refractivity contribution in [1.29, 1.82) is 0 Å². The average Bonchev–Trinajstić information content (AvgIpc) is 2.80. The number of para-hydroxylation sites is 3. The Balaban J connectivity index is 1.85. The molecule has 0 fully saturated rings. The number of ether oxygens (including phenoxy) is 1. The van der Waals surface area contributed by atoms with Gasteiger partial charge in [0.15, 0.2) is 0 Å². The van der Waals surface area contributed by atoms with Crippen LogP contribution in [-0.4, -0.2) is 33.0 Å². The predicted octanol–water partition coefficient (Wildman–Crippen LogP) is 5.29. The number of benzene rings is 3. The van der Waals surface area contributed by atoms with E-state index in [4.69, 9.17) is 8.92 Å². The SMILES string of the molecule is COc1ccccc1NC(=O)N(Cc1ccccc1OS(=O)(=O)c1ccc(F)cc1)CC(C)C. The molecule has 1 N–H and O–H groups in total. The molecule has 9 heteroatoms. The summed E-state index contributed by atoms with van der Waals surface area (Å²) < 4.78 is 49.3. The van der Waals surface area contributed by atoms with Gasteiger partial charge in [0.25, 0.3) is 0 Å². The lowest BCUT2D eigenvalue weighted by atomic mass is 10.1. The van der Waals surface area contributed by atoms with E-state index in [1.807, 2.05) is 13.8 Å². The summed E-state index contributed by atoms with van der Waals surface area (Å²) in [6.07, 6.45) is 0. The zero-order valence-corrected chi connectivity index (χ0v) is 20.0. The number of hydrogen-bond acceptors (Lipinski definition) is 5. The molecule has 180 valence electrons. The van der Waals surface area contributed by atoms with Crippen molar-refractivity contribution in [2.75, 3.05) is 19.0 Å². The van der Waals surface area contributed by atoms with Crippen molar-refractivity contribution in [1.82, 2.24) is 4.90 Å². The summed E-state index contributed by atoms with van der Waals surface area (Å²) in [7, 11) is -2.67. The van der Waals surface area contributed by atoms with Crippen LogP contribution in [0.3, 0.4) is 0 Å². The number of carbonyl (C=O) groups excluding carboxylic acids is 1. The van der Waals surface area contributed by atoms with Crippen molar-refractivity contribution in [2.45, 2.75) is 25.3 Å². The smallest absolute Gasteiger partial charge is 0.339 e. The monoisotopic (exact) mass is 486 g/mol. The van der Waals surface area contributed by atoms with Crippen LogP contribution in [0, 0.1) is 11.7 Å². The summed E-state index contributed by atoms with van der Waals surface area (Å²) >= 11 is 0. The first-order chi connectivity index (χ1) is 16.2. The molecule has 0 aliphatic carbocycles. The first-order valence-electron chi connectivity index (χ1n) is 10.7. The summed E-state index contributed by atoms with van der Waals surface area (Å²) in [6, 6.07) is 17.7. The Morgan fingerprint density at radius 2 is 1.59 bits per heavy atom. The second kappa shape index (κ2) is 11.0. The van der Waals surface area contributed by atoms with Gasteiger partial charge in [0.05, 0.1) is 19.3 Å². The second-order valence-electron chi connectivity index (χ2n) is 8.00. The van der Waals surface area contributed by atoms with Crippen molar-refractivity contribution >= 4 is 21.8 Å². The van der Waals surface area contributed by atoms with E-state index in [9.17, 15) is 17.6 Å². The van der Waals surface area contributed by atoms with Gasteiger partial charge in [-0.05, 0) is 48.4 Å². The van der Waals surface area contributed by atoms with Gasteiger partial charge in [0.1, 0.15) is 22.2 Å². The van der Waals surface area contributed by atoms with Gasteiger partial charge in [-0.2, -0.15) is 8.42 Å². The molecule has 2 amide bonds. The molecule has 7 nitrogen and oxygen atoms in total. The minimum Gasteiger partial charge on any atom is -0.495 e. The van der Waals surface area contributed by atoms with Crippen molar-refractivity contribution in [2.24, 2.45) is 5.92 Å². The molecule has 0 radical (unpaired) electrons. The highest BCUT2D eigenvalue weighted by Gasteiger charge is 2.22. The van der Waals surface area contributed by atoms with Crippen molar-refractivity contribution in [3.63, 3.8) is 0 Å². The summed E-state index contributed by atoms with van der Waals surface area (Å²) in [5.41, 5.74) is 1.02. The van der Waals surface area contributed by atoms with Gasteiger partial charge in [0.2, 0.25) is 0 Å². The average molecular weight is 487 g/mol. The lowest BCUT2D eigenvalue weighted by Gasteiger charge is -2.26. The number of anilines is 1. The molecule has 3 aromatic rings. The summed E-state index contributed by atoms with van der Waals surface area (Å²) in [6.45, 7) is 4.48.